The van der Waals surface area contributed by atoms with Gasteiger partial charge in [0.2, 0.25) is 0 Å². The summed E-state index contributed by atoms with van der Waals surface area (Å²) < 4.78 is 0. The summed E-state index contributed by atoms with van der Waals surface area (Å²) in [4.78, 5) is 14.9. The normalized spacial score (nSPS) is 19.5. The zero-order valence-corrected chi connectivity index (χ0v) is 13.9. The molecule has 0 aliphatic carbocycles. The van der Waals surface area contributed by atoms with E-state index < -0.39 is 0 Å². The summed E-state index contributed by atoms with van der Waals surface area (Å²) in [7, 11) is 2.04. The molecule has 3 rings (SSSR count). The molecule has 0 amide bonds. The van der Waals surface area contributed by atoms with E-state index in [4.69, 9.17) is 0 Å². The lowest BCUT2D eigenvalue weighted by molar-refractivity contribution is -0.113. The minimum Gasteiger partial charge on any atom is -0.298 e. The summed E-state index contributed by atoms with van der Waals surface area (Å²) in [5.41, 5.74) is 3.87. The van der Waals surface area contributed by atoms with Crippen LogP contribution >= 0.6 is 0 Å². The Hall–Kier alpha value is -2.71. The lowest BCUT2D eigenvalue weighted by Crippen LogP contribution is -2.34. The highest BCUT2D eigenvalue weighted by molar-refractivity contribution is 6.12. The monoisotopic (exact) mass is 315 g/mol. The van der Waals surface area contributed by atoms with Gasteiger partial charge in [-0.05, 0) is 24.3 Å². The average Bonchev–Trinajstić information content (AvgIpc) is 2.60. The second-order valence-corrected chi connectivity index (χ2v) is 6.04. The predicted molar refractivity (Wildman–Crippen MR) is 100 cm³/mol. The number of Topliss-reactive ketones (excluding diaryl/α,β-unsaturated/α-hetero) is 1. The fourth-order valence-corrected chi connectivity index (χ4v) is 2.82. The molecule has 120 valence electrons. The van der Waals surface area contributed by atoms with Gasteiger partial charge in [-0.25, -0.2) is 0 Å². The van der Waals surface area contributed by atoms with Crippen molar-refractivity contribution in [2.45, 2.75) is 0 Å². The molecule has 0 aromatic heterocycles. The maximum Gasteiger partial charge on any atom is 0.187 e. The third-order valence-corrected chi connectivity index (χ3v) is 3.99. The molecule has 1 heterocycles. The van der Waals surface area contributed by atoms with Crippen LogP contribution in [0.1, 0.15) is 11.1 Å². The number of likely N-dealkylation sites (tertiary alicyclic amines) is 1. The minimum atomic E-state index is 0.148. The first-order valence-electron chi connectivity index (χ1n) is 8.13. The molecule has 1 saturated heterocycles. The predicted octanol–water partition coefficient (Wildman–Crippen LogP) is 4.22. The molecule has 2 aromatic rings. The number of likely N-dealkylation sites (N-methyl/N-ethyl adjacent to an activating group) is 1. The molecule has 2 heteroatoms. The van der Waals surface area contributed by atoms with Gasteiger partial charge < -0.3 is 0 Å². The van der Waals surface area contributed by atoms with Crippen LogP contribution in [0.15, 0.2) is 84.0 Å². The van der Waals surface area contributed by atoms with Crippen LogP contribution in [-0.4, -0.2) is 30.8 Å². The Balaban J connectivity index is 1.81. The fraction of sp³-hybridized carbons (Fsp3) is 0.136. The molecule has 1 aliphatic heterocycles. The molecule has 0 unspecified atom stereocenters. The van der Waals surface area contributed by atoms with Gasteiger partial charge in [-0.3, -0.25) is 9.69 Å². The highest BCUT2D eigenvalue weighted by Crippen LogP contribution is 2.19. The van der Waals surface area contributed by atoms with Crippen molar-refractivity contribution in [3.05, 3.63) is 95.1 Å². The lowest BCUT2D eigenvalue weighted by Gasteiger charge is -2.25. The Morgan fingerprint density at radius 1 is 0.833 bits per heavy atom. The van der Waals surface area contributed by atoms with E-state index in [1.165, 1.54) is 0 Å². The summed E-state index contributed by atoms with van der Waals surface area (Å²) in [5.74, 6) is 0.148. The van der Waals surface area contributed by atoms with Crippen molar-refractivity contribution in [1.82, 2.24) is 4.90 Å². The molecule has 0 spiro atoms. The second-order valence-electron chi connectivity index (χ2n) is 6.04. The molecule has 0 saturated carbocycles. The summed E-state index contributed by atoms with van der Waals surface area (Å²) >= 11 is 0. The van der Waals surface area contributed by atoms with E-state index in [-0.39, 0.29) is 5.78 Å². The van der Waals surface area contributed by atoms with E-state index in [0.29, 0.717) is 13.1 Å². The Labute approximate surface area is 143 Å². The van der Waals surface area contributed by atoms with Gasteiger partial charge in [0.05, 0.1) is 0 Å². The van der Waals surface area contributed by atoms with Crippen LogP contribution in [0.5, 0.6) is 0 Å². The van der Waals surface area contributed by atoms with Crippen molar-refractivity contribution in [2.24, 2.45) is 0 Å². The third-order valence-electron chi connectivity index (χ3n) is 3.99. The van der Waals surface area contributed by atoms with E-state index in [9.17, 15) is 4.79 Å². The van der Waals surface area contributed by atoms with E-state index in [2.05, 4.69) is 4.90 Å². The Morgan fingerprint density at radius 2 is 1.42 bits per heavy atom. The molecule has 0 N–H and O–H groups in total. The van der Waals surface area contributed by atoms with Crippen LogP contribution in [0.2, 0.25) is 0 Å². The number of rotatable bonds is 3. The zero-order chi connectivity index (χ0) is 16.8. The maximum atomic E-state index is 12.7. The first-order chi connectivity index (χ1) is 11.7. The third kappa shape index (κ3) is 4.18. The number of benzene rings is 2. The first-order valence-corrected chi connectivity index (χ1v) is 8.13. The Morgan fingerprint density at radius 3 is 2.08 bits per heavy atom. The Kier molecular flexibility index (Phi) is 5.19. The average molecular weight is 315 g/mol. The highest BCUT2D eigenvalue weighted by Gasteiger charge is 2.23. The van der Waals surface area contributed by atoms with E-state index in [1.54, 1.807) is 0 Å². The number of carbonyl (C=O) groups excluding carboxylic acids is 1. The molecular formula is C22H21NO. The van der Waals surface area contributed by atoms with Gasteiger partial charge in [-0.1, -0.05) is 78.9 Å². The van der Waals surface area contributed by atoms with Crippen LogP contribution in [0, 0.1) is 0 Å². The molecule has 0 radical (unpaired) electrons. The van der Waals surface area contributed by atoms with Crippen molar-refractivity contribution in [2.75, 3.05) is 20.1 Å². The number of nitrogens with zero attached hydrogens (tertiary/aromatic N) is 1. The van der Waals surface area contributed by atoms with Crippen LogP contribution in [-0.2, 0) is 4.79 Å². The van der Waals surface area contributed by atoms with Gasteiger partial charge in [0.15, 0.2) is 5.78 Å². The highest BCUT2D eigenvalue weighted by atomic mass is 16.1. The second kappa shape index (κ2) is 7.71. The smallest absolute Gasteiger partial charge is 0.187 e. The molecular weight excluding hydrogens is 294 g/mol. The van der Waals surface area contributed by atoms with Gasteiger partial charge in [0, 0.05) is 24.2 Å². The van der Waals surface area contributed by atoms with Crippen LogP contribution in [0.25, 0.3) is 12.2 Å². The topological polar surface area (TPSA) is 20.3 Å². The van der Waals surface area contributed by atoms with Crippen molar-refractivity contribution in [1.29, 1.82) is 0 Å². The van der Waals surface area contributed by atoms with Gasteiger partial charge in [0.25, 0.3) is 0 Å². The Bertz CT molecular complexity index is 785. The van der Waals surface area contributed by atoms with Crippen molar-refractivity contribution in [3.8, 4) is 0 Å². The van der Waals surface area contributed by atoms with Gasteiger partial charge >= 0.3 is 0 Å². The minimum absolute atomic E-state index is 0.148. The summed E-state index contributed by atoms with van der Waals surface area (Å²) in [6.07, 6.45) is 7.91. The van der Waals surface area contributed by atoms with Gasteiger partial charge in [-0.2, -0.15) is 0 Å². The zero-order valence-electron chi connectivity index (χ0n) is 13.9. The quantitative estimate of drug-likeness (QED) is 0.790. The summed E-state index contributed by atoms with van der Waals surface area (Å²) in [6.45, 7) is 1.37. The van der Waals surface area contributed by atoms with E-state index >= 15 is 0 Å². The molecule has 1 fully saturated rings. The number of allylic oxidation sites excluding steroid dienone is 2. The molecule has 24 heavy (non-hydrogen) atoms. The van der Waals surface area contributed by atoms with Crippen LogP contribution in [0.4, 0.5) is 0 Å². The summed E-state index contributed by atoms with van der Waals surface area (Å²) in [6, 6.07) is 20.1. The molecule has 1 aliphatic rings. The van der Waals surface area contributed by atoms with Gasteiger partial charge in [-0.15, -0.1) is 0 Å². The summed E-state index contributed by atoms with van der Waals surface area (Å²) in [5, 5.41) is 0. The molecule has 2 aromatic carbocycles. The largest absolute Gasteiger partial charge is 0.298 e. The van der Waals surface area contributed by atoms with Crippen molar-refractivity contribution >= 4 is 17.9 Å². The van der Waals surface area contributed by atoms with E-state index in [1.807, 2.05) is 92.0 Å². The van der Waals surface area contributed by atoms with E-state index in [0.717, 1.165) is 22.3 Å². The van der Waals surface area contributed by atoms with Crippen molar-refractivity contribution in [3.63, 3.8) is 0 Å². The lowest BCUT2D eigenvalue weighted by atomic mass is 9.96. The van der Waals surface area contributed by atoms with Crippen LogP contribution in [0.3, 0.4) is 0 Å². The van der Waals surface area contributed by atoms with Crippen molar-refractivity contribution < 1.29 is 4.79 Å². The number of carbonyl (C=O) groups is 1. The first kappa shape index (κ1) is 16.2. The number of hydrogen-bond donors (Lipinski definition) is 0. The SMILES string of the molecule is CN1C/C(=C\C=C\c2ccccc2)C(=O)/C(=C/c2ccccc2)C1. The molecule has 0 bridgehead atoms. The fourth-order valence-electron chi connectivity index (χ4n) is 2.82. The molecule has 0 atom stereocenters. The molecule has 2 nitrogen and oxygen atoms in total. The van der Waals surface area contributed by atoms with Crippen LogP contribution < -0.4 is 0 Å². The number of piperidine rings is 1. The van der Waals surface area contributed by atoms with Gasteiger partial charge in [0.1, 0.15) is 0 Å². The number of ketones is 1. The standard InChI is InChI=1S/C22H21NO/c1-23-16-20(14-8-13-18-9-4-2-5-10-18)22(24)21(17-23)15-19-11-6-3-7-12-19/h2-15H,16-17H2,1H3/b13-8+,20-14+,21-15+. The number of hydrogen-bond acceptors (Lipinski definition) is 2. The maximum absolute atomic E-state index is 12.7.